The van der Waals surface area contributed by atoms with Gasteiger partial charge in [-0.3, -0.25) is 18.7 Å². The maximum absolute atomic E-state index is 13.1. The van der Waals surface area contributed by atoms with Crippen LogP contribution in [-0.4, -0.2) is 38.6 Å². The van der Waals surface area contributed by atoms with Gasteiger partial charge in [0, 0.05) is 27.1 Å². The summed E-state index contributed by atoms with van der Waals surface area (Å²) in [4.78, 5) is 44.5. The van der Waals surface area contributed by atoms with Gasteiger partial charge in [-0.2, -0.15) is 0 Å². The average molecular weight is 437 g/mol. The van der Waals surface area contributed by atoms with E-state index in [2.05, 4.69) is 4.98 Å². The van der Waals surface area contributed by atoms with Gasteiger partial charge < -0.3 is 9.64 Å². The summed E-state index contributed by atoms with van der Waals surface area (Å²) in [5, 5.41) is 0.395. The van der Waals surface area contributed by atoms with Crippen LogP contribution in [0.25, 0.3) is 11.0 Å². The predicted octanol–water partition coefficient (Wildman–Crippen LogP) is 2.33. The molecule has 8 nitrogen and oxygen atoms in total. The van der Waals surface area contributed by atoms with Crippen molar-refractivity contribution in [1.29, 1.82) is 0 Å². The number of carbonyl (C=O) groups excluding carboxylic acids is 1. The molecule has 1 saturated heterocycles. The summed E-state index contributed by atoms with van der Waals surface area (Å²) < 4.78 is 7.66. The van der Waals surface area contributed by atoms with E-state index in [1.165, 1.54) is 11.6 Å². The SMILES string of the molecule is COc1ccc(CCC(=O)N2CCCCC2c2ccc3c(=O)n(C)c(=O)n(C)c3n2)cc1. The molecule has 1 fully saturated rings. The van der Waals surface area contributed by atoms with Crippen molar-refractivity contribution in [3.8, 4) is 5.75 Å². The number of aryl methyl sites for hydroxylation is 2. The van der Waals surface area contributed by atoms with E-state index in [9.17, 15) is 14.4 Å². The minimum atomic E-state index is -0.414. The molecule has 1 aromatic carbocycles. The molecule has 0 saturated carbocycles. The Morgan fingerprint density at radius 3 is 2.53 bits per heavy atom. The van der Waals surface area contributed by atoms with E-state index >= 15 is 0 Å². The largest absolute Gasteiger partial charge is 0.497 e. The first-order valence-corrected chi connectivity index (χ1v) is 10.9. The van der Waals surface area contributed by atoms with Crippen LogP contribution in [0.15, 0.2) is 46.0 Å². The van der Waals surface area contributed by atoms with Gasteiger partial charge in [-0.1, -0.05) is 12.1 Å². The van der Waals surface area contributed by atoms with Gasteiger partial charge in [0.05, 0.1) is 24.2 Å². The molecule has 4 rings (SSSR count). The van der Waals surface area contributed by atoms with Gasteiger partial charge in [0.2, 0.25) is 5.91 Å². The smallest absolute Gasteiger partial charge is 0.332 e. The van der Waals surface area contributed by atoms with Crippen molar-refractivity contribution in [3.05, 3.63) is 68.5 Å². The maximum Gasteiger partial charge on any atom is 0.332 e. The third kappa shape index (κ3) is 4.04. The summed E-state index contributed by atoms with van der Waals surface area (Å²) in [5.74, 6) is 0.882. The van der Waals surface area contributed by atoms with Crippen molar-refractivity contribution in [3.63, 3.8) is 0 Å². The van der Waals surface area contributed by atoms with E-state index in [4.69, 9.17) is 4.74 Å². The Balaban J connectivity index is 1.58. The fraction of sp³-hybridized carbons (Fsp3) is 0.417. The number of rotatable bonds is 5. The molecule has 1 aliphatic heterocycles. The molecule has 3 aromatic rings. The first-order valence-electron chi connectivity index (χ1n) is 10.9. The van der Waals surface area contributed by atoms with Crippen LogP contribution in [0.1, 0.15) is 43.0 Å². The number of aromatic nitrogens is 3. The van der Waals surface area contributed by atoms with Crippen LogP contribution >= 0.6 is 0 Å². The van der Waals surface area contributed by atoms with E-state index in [1.54, 1.807) is 20.2 Å². The molecule has 0 aliphatic carbocycles. The van der Waals surface area contributed by atoms with Crippen LogP contribution in [-0.2, 0) is 25.3 Å². The molecule has 32 heavy (non-hydrogen) atoms. The third-order valence-electron chi connectivity index (χ3n) is 6.27. The minimum absolute atomic E-state index is 0.0882. The Labute approximate surface area is 186 Å². The number of piperidine rings is 1. The quantitative estimate of drug-likeness (QED) is 0.613. The summed E-state index contributed by atoms with van der Waals surface area (Å²) >= 11 is 0. The van der Waals surface area contributed by atoms with Crippen molar-refractivity contribution < 1.29 is 9.53 Å². The molecule has 0 N–H and O–H groups in total. The fourth-order valence-electron chi connectivity index (χ4n) is 4.38. The summed E-state index contributed by atoms with van der Waals surface area (Å²) in [6.45, 7) is 0.682. The van der Waals surface area contributed by atoms with Crippen LogP contribution in [0.5, 0.6) is 5.75 Å². The second-order valence-electron chi connectivity index (χ2n) is 8.26. The number of amides is 1. The monoisotopic (exact) mass is 436 g/mol. The number of hydrogen-bond donors (Lipinski definition) is 0. The first-order chi connectivity index (χ1) is 15.4. The highest BCUT2D eigenvalue weighted by Crippen LogP contribution is 2.31. The summed E-state index contributed by atoms with van der Waals surface area (Å²) in [6, 6.07) is 11.1. The number of nitrogens with zero attached hydrogens (tertiary/aromatic N) is 4. The maximum atomic E-state index is 13.1. The molecule has 3 heterocycles. The zero-order valence-corrected chi connectivity index (χ0v) is 18.7. The topological polar surface area (TPSA) is 86.4 Å². The molecule has 8 heteroatoms. The lowest BCUT2D eigenvalue weighted by Crippen LogP contribution is -2.40. The molecule has 1 unspecified atom stereocenters. The number of carbonyl (C=O) groups is 1. The van der Waals surface area contributed by atoms with E-state index < -0.39 is 5.69 Å². The lowest BCUT2D eigenvalue weighted by molar-refractivity contribution is -0.135. The van der Waals surface area contributed by atoms with Crippen molar-refractivity contribution in [2.24, 2.45) is 14.1 Å². The van der Waals surface area contributed by atoms with Crippen molar-refractivity contribution in [2.75, 3.05) is 13.7 Å². The number of likely N-dealkylation sites (tertiary alicyclic amines) is 1. The number of pyridine rings is 1. The Morgan fingerprint density at radius 2 is 1.81 bits per heavy atom. The predicted molar refractivity (Wildman–Crippen MR) is 122 cm³/mol. The molecule has 1 atom stereocenters. The molecule has 0 spiro atoms. The third-order valence-corrected chi connectivity index (χ3v) is 6.27. The van der Waals surface area contributed by atoms with Gasteiger partial charge >= 0.3 is 5.69 Å². The minimum Gasteiger partial charge on any atom is -0.497 e. The molecule has 168 valence electrons. The molecule has 2 aromatic heterocycles. The van der Waals surface area contributed by atoms with Crippen LogP contribution < -0.4 is 16.0 Å². The number of ether oxygens (including phenoxy) is 1. The Morgan fingerprint density at radius 1 is 1.06 bits per heavy atom. The highest BCUT2D eigenvalue weighted by molar-refractivity contribution is 5.78. The van der Waals surface area contributed by atoms with E-state index in [-0.39, 0.29) is 17.5 Å². The van der Waals surface area contributed by atoms with Gasteiger partial charge in [-0.15, -0.1) is 0 Å². The van der Waals surface area contributed by atoms with E-state index in [0.717, 1.165) is 40.8 Å². The van der Waals surface area contributed by atoms with Crippen LogP contribution in [0, 0.1) is 0 Å². The average Bonchev–Trinajstić information content (AvgIpc) is 2.84. The molecular formula is C24H28N4O4. The number of hydrogen-bond acceptors (Lipinski definition) is 5. The second kappa shape index (κ2) is 8.98. The van der Waals surface area contributed by atoms with Crippen LogP contribution in [0.2, 0.25) is 0 Å². The summed E-state index contributed by atoms with van der Waals surface area (Å²) in [6.07, 6.45) is 3.84. The Kier molecular flexibility index (Phi) is 6.12. The van der Waals surface area contributed by atoms with Gasteiger partial charge in [0.15, 0.2) is 0 Å². The normalized spacial score (nSPS) is 16.3. The van der Waals surface area contributed by atoms with Crippen molar-refractivity contribution in [1.82, 2.24) is 19.0 Å². The molecule has 1 amide bonds. The molecular weight excluding hydrogens is 408 g/mol. The van der Waals surface area contributed by atoms with Crippen molar-refractivity contribution in [2.45, 2.75) is 38.1 Å². The van der Waals surface area contributed by atoms with E-state index in [1.807, 2.05) is 35.2 Å². The zero-order valence-electron chi connectivity index (χ0n) is 18.7. The molecule has 0 bridgehead atoms. The highest BCUT2D eigenvalue weighted by Gasteiger charge is 2.29. The van der Waals surface area contributed by atoms with Gasteiger partial charge in [0.25, 0.3) is 5.56 Å². The number of methoxy groups -OCH3 is 1. The van der Waals surface area contributed by atoms with Gasteiger partial charge in [0.1, 0.15) is 11.4 Å². The fourth-order valence-corrected chi connectivity index (χ4v) is 4.38. The standard InChI is InChI=1S/C24H28N4O4/c1-26-22-18(23(30)27(2)24(26)31)12-13-19(25-22)20-6-4-5-15-28(20)21(29)14-9-16-7-10-17(32-3)11-8-16/h7-8,10-13,20H,4-6,9,14-15H2,1-3H3. The summed E-state index contributed by atoms with van der Waals surface area (Å²) in [5.41, 5.74) is 1.38. The molecule has 1 aliphatic rings. The molecule has 0 radical (unpaired) electrons. The highest BCUT2D eigenvalue weighted by atomic mass is 16.5. The number of benzene rings is 1. The lowest BCUT2D eigenvalue weighted by atomic mass is 9.97. The zero-order chi connectivity index (χ0) is 22.8. The van der Waals surface area contributed by atoms with Crippen molar-refractivity contribution >= 4 is 16.9 Å². The second-order valence-corrected chi connectivity index (χ2v) is 8.26. The Hall–Kier alpha value is -3.42. The first kappa shape index (κ1) is 21.8. The van der Waals surface area contributed by atoms with Gasteiger partial charge in [-0.05, 0) is 55.5 Å². The number of fused-ring (bicyclic) bond motifs is 1. The van der Waals surface area contributed by atoms with Crippen LogP contribution in [0.3, 0.4) is 0 Å². The van der Waals surface area contributed by atoms with Gasteiger partial charge in [-0.25, -0.2) is 9.78 Å². The summed E-state index contributed by atoms with van der Waals surface area (Å²) in [7, 11) is 4.70. The van der Waals surface area contributed by atoms with Crippen LogP contribution in [0.4, 0.5) is 0 Å². The van der Waals surface area contributed by atoms with E-state index in [0.29, 0.717) is 30.4 Å². The lowest BCUT2D eigenvalue weighted by Gasteiger charge is -2.35. The Bertz CT molecular complexity index is 1260.